The summed E-state index contributed by atoms with van der Waals surface area (Å²) >= 11 is 0. The van der Waals surface area contributed by atoms with E-state index in [0.717, 1.165) is 0 Å². The third-order valence-corrected chi connectivity index (χ3v) is 2.64. The van der Waals surface area contributed by atoms with Crippen LogP contribution in [0, 0.1) is 0 Å². The summed E-state index contributed by atoms with van der Waals surface area (Å²) in [5.41, 5.74) is 6.46. The molecule has 1 unspecified atom stereocenters. The van der Waals surface area contributed by atoms with Crippen LogP contribution in [-0.2, 0) is 20.8 Å². The zero-order chi connectivity index (χ0) is 14.4. The quantitative estimate of drug-likeness (QED) is 0.792. The topological polar surface area (TPSA) is 83.6 Å². The van der Waals surface area contributed by atoms with Crippen LogP contribution in [0.2, 0.25) is 0 Å². The number of carbonyl (C=O) groups is 2. The van der Waals surface area contributed by atoms with Crippen molar-refractivity contribution in [2.24, 2.45) is 0 Å². The Morgan fingerprint density at radius 2 is 2.05 bits per heavy atom. The molecule has 0 spiro atoms. The fourth-order valence-corrected chi connectivity index (χ4v) is 1.69. The molecule has 1 heterocycles. The van der Waals surface area contributed by atoms with Crippen molar-refractivity contribution in [1.29, 1.82) is 0 Å². The van der Waals surface area contributed by atoms with Crippen LogP contribution in [0.1, 0.15) is 37.7 Å². The van der Waals surface area contributed by atoms with Crippen LogP contribution in [0.15, 0.2) is 12.3 Å². The van der Waals surface area contributed by atoms with E-state index in [9.17, 15) is 9.59 Å². The number of ether oxygens (including phenoxy) is 2. The van der Waals surface area contributed by atoms with Gasteiger partial charge >= 0.3 is 11.9 Å². The number of nitrogens with two attached hydrogens (primary N) is 1. The van der Waals surface area contributed by atoms with Crippen LogP contribution in [0.25, 0.3) is 0 Å². The molecule has 1 aromatic rings. The maximum atomic E-state index is 12.0. The Hall–Kier alpha value is -1.98. The number of aryl methyl sites for hydroxylation is 1. The highest BCUT2D eigenvalue weighted by molar-refractivity contribution is 5.91. The third kappa shape index (κ3) is 3.74. The smallest absolute Gasteiger partial charge is 0.355 e. The van der Waals surface area contributed by atoms with Gasteiger partial charge in [-0.05, 0) is 26.3 Å². The fraction of sp³-hybridized carbons (Fsp3) is 0.538. The van der Waals surface area contributed by atoms with Gasteiger partial charge in [0.15, 0.2) is 6.10 Å². The van der Waals surface area contributed by atoms with Gasteiger partial charge in [-0.25, -0.2) is 9.59 Å². The summed E-state index contributed by atoms with van der Waals surface area (Å²) in [4.78, 5) is 23.6. The number of carbonyl (C=O) groups excluding carboxylic acids is 2. The van der Waals surface area contributed by atoms with E-state index >= 15 is 0 Å². The Balaban J connectivity index is 2.79. The lowest BCUT2D eigenvalue weighted by atomic mass is 10.3. The van der Waals surface area contributed by atoms with Crippen molar-refractivity contribution in [3.63, 3.8) is 0 Å². The second-order valence-corrected chi connectivity index (χ2v) is 4.00. The van der Waals surface area contributed by atoms with E-state index in [-0.39, 0.29) is 6.61 Å². The van der Waals surface area contributed by atoms with Gasteiger partial charge in [0.05, 0.1) is 12.3 Å². The molecule has 0 aromatic carbocycles. The lowest BCUT2D eigenvalue weighted by Gasteiger charge is -2.15. The highest BCUT2D eigenvalue weighted by atomic mass is 16.6. The molecule has 0 saturated carbocycles. The monoisotopic (exact) mass is 268 g/mol. The Morgan fingerprint density at radius 1 is 1.37 bits per heavy atom. The number of esters is 2. The third-order valence-electron chi connectivity index (χ3n) is 2.64. The maximum absolute atomic E-state index is 12.0. The van der Waals surface area contributed by atoms with E-state index in [0.29, 0.717) is 24.3 Å². The van der Waals surface area contributed by atoms with Gasteiger partial charge in [-0.3, -0.25) is 0 Å². The normalized spacial score (nSPS) is 11.9. The number of nitrogens with zero attached hydrogens (tertiary/aromatic N) is 1. The predicted octanol–water partition coefficient (Wildman–Crippen LogP) is 1.59. The van der Waals surface area contributed by atoms with Gasteiger partial charge < -0.3 is 19.8 Å². The summed E-state index contributed by atoms with van der Waals surface area (Å²) in [6.45, 7) is 6.19. The van der Waals surface area contributed by atoms with Gasteiger partial charge in [-0.1, -0.05) is 6.92 Å². The van der Waals surface area contributed by atoms with Crippen molar-refractivity contribution in [1.82, 2.24) is 4.57 Å². The van der Waals surface area contributed by atoms with Crippen molar-refractivity contribution in [3.8, 4) is 0 Å². The number of hydrogen-bond acceptors (Lipinski definition) is 5. The molecule has 0 bridgehead atoms. The molecule has 0 saturated heterocycles. The summed E-state index contributed by atoms with van der Waals surface area (Å²) in [6, 6.07) is 1.53. The van der Waals surface area contributed by atoms with Crippen molar-refractivity contribution in [3.05, 3.63) is 18.0 Å². The second kappa shape index (κ2) is 6.82. The molecule has 19 heavy (non-hydrogen) atoms. The molecule has 0 aliphatic carbocycles. The summed E-state index contributed by atoms with van der Waals surface area (Å²) < 4.78 is 11.7. The molecule has 0 aliphatic rings. The molecule has 0 fully saturated rings. The molecule has 106 valence electrons. The van der Waals surface area contributed by atoms with Gasteiger partial charge in [0, 0.05) is 12.7 Å². The van der Waals surface area contributed by atoms with Crippen LogP contribution in [0.5, 0.6) is 0 Å². The standard InChI is InChI=1S/C13H20N2O4/c1-4-11(13(17)18-6-3)19-12(16)10-7-9(14)8-15(10)5-2/h7-8,11H,4-6,14H2,1-3H3. The summed E-state index contributed by atoms with van der Waals surface area (Å²) in [7, 11) is 0. The fourth-order valence-electron chi connectivity index (χ4n) is 1.69. The maximum Gasteiger partial charge on any atom is 0.355 e. The average molecular weight is 268 g/mol. The zero-order valence-corrected chi connectivity index (χ0v) is 11.5. The summed E-state index contributed by atoms with van der Waals surface area (Å²) in [5.74, 6) is -1.10. The Morgan fingerprint density at radius 3 is 2.58 bits per heavy atom. The lowest BCUT2D eigenvalue weighted by Crippen LogP contribution is -2.29. The van der Waals surface area contributed by atoms with Crippen LogP contribution in [-0.4, -0.2) is 29.2 Å². The van der Waals surface area contributed by atoms with E-state index in [4.69, 9.17) is 15.2 Å². The van der Waals surface area contributed by atoms with Crippen LogP contribution in [0.3, 0.4) is 0 Å². The number of aromatic nitrogens is 1. The van der Waals surface area contributed by atoms with Crippen molar-refractivity contribution in [2.45, 2.75) is 39.8 Å². The molecular weight excluding hydrogens is 248 g/mol. The minimum Gasteiger partial charge on any atom is -0.463 e. The highest BCUT2D eigenvalue weighted by Crippen LogP contribution is 2.14. The molecule has 6 nitrogen and oxygen atoms in total. The molecule has 2 N–H and O–H groups in total. The van der Waals surface area contributed by atoms with Gasteiger partial charge in [0.2, 0.25) is 0 Å². The Kier molecular flexibility index (Phi) is 5.41. The van der Waals surface area contributed by atoms with E-state index in [1.165, 1.54) is 6.07 Å². The molecule has 0 amide bonds. The van der Waals surface area contributed by atoms with E-state index in [1.807, 2.05) is 6.92 Å². The molecule has 6 heteroatoms. The Bertz CT molecular complexity index is 453. The van der Waals surface area contributed by atoms with Crippen molar-refractivity contribution >= 4 is 17.6 Å². The lowest BCUT2D eigenvalue weighted by molar-refractivity contribution is -0.153. The molecule has 1 atom stereocenters. The number of rotatable bonds is 6. The van der Waals surface area contributed by atoms with Crippen LogP contribution >= 0.6 is 0 Å². The number of hydrogen-bond donors (Lipinski definition) is 1. The molecule has 0 aliphatic heterocycles. The molecule has 1 aromatic heterocycles. The average Bonchev–Trinajstić information content (AvgIpc) is 2.77. The summed E-state index contributed by atoms with van der Waals surface area (Å²) in [5, 5.41) is 0. The van der Waals surface area contributed by atoms with Crippen molar-refractivity contribution in [2.75, 3.05) is 12.3 Å². The first kappa shape index (κ1) is 15.1. The van der Waals surface area contributed by atoms with Gasteiger partial charge in [0.1, 0.15) is 5.69 Å². The largest absolute Gasteiger partial charge is 0.463 e. The first-order valence-corrected chi connectivity index (χ1v) is 6.36. The minimum atomic E-state index is -0.881. The SMILES string of the molecule is CCOC(=O)C(CC)OC(=O)c1cc(N)cn1CC. The highest BCUT2D eigenvalue weighted by Gasteiger charge is 2.24. The van der Waals surface area contributed by atoms with Crippen LogP contribution in [0.4, 0.5) is 5.69 Å². The van der Waals surface area contributed by atoms with E-state index < -0.39 is 18.0 Å². The summed E-state index contributed by atoms with van der Waals surface area (Å²) in [6.07, 6.45) is 1.14. The zero-order valence-electron chi connectivity index (χ0n) is 11.5. The number of anilines is 1. The minimum absolute atomic E-state index is 0.255. The molecule has 0 radical (unpaired) electrons. The van der Waals surface area contributed by atoms with Crippen LogP contribution < -0.4 is 5.73 Å². The first-order valence-electron chi connectivity index (χ1n) is 6.36. The number of nitrogen functional groups attached to an aromatic ring is 1. The Labute approximate surface area is 112 Å². The van der Waals surface area contributed by atoms with Crippen molar-refractivity contribution < 1.29 is 19.1 Å². The molecule has 1 rings (SSSR count). The first-order chi connectivity index (χ1) is 9.03. The predicted molar refractivity (Wildman–Crippen MR) is 70.6 cm³/mol. The van der Waals surface area contributed by atoms with E-state index in [1.54, 1.807) is 24.6 Å². The van der Waals surface area contributed by atoms with E-state index in [2.05, 4.69) is 0 Å². The van der Waals surface area contributed by atoms with Gasteiger partial charge in [-0.2, -0.15) is 0 Å². The van der Waals surface area contributed by atoms with Gasteiger partial charge in [0.25, 0.3) is 0 Å². The molecular formula is C13H20N2O4. The van der Waals surface area contributed by atoms with Gasteiger partial charge in [-0.15, -0.1) is 0 Å². The second-order valence-electron chi connectivity index (χ2n) is 4.00.